The van der Waals surface area contributed by atoms with Crippen molar-refractivity contribution in [2.75, 3.05) is 6.54 Å². The molecule has 1 saturated carbocycles. The minimum absolute atomic E-state index is 0.721. The van der Waals surface area contributed by atoms with Gasteiger partial charge in [0.1, 0.15) is 0 Å². The molecule has 0 aromatic carbocycles. The van der Waals surface area contributed by atoms with Crippen LogP contribution in [0, 0.1) is 0 Å². The minimum atomic E-state index is 0.721. The zero-order valence-electron chi connectivity index (χ0n) is 11.9. The first-order valence-electron chi connectivity index (χ1n) is 7.59. The summed E-state index contributed by atoms with van der Waals surface area (Å²) in [6, 6.07) is 0.721. The van der Waals surface area contributed by atoms with Gasteiger partial charge in [-0.3, -0.25) is 4.68 Å². The van der Waals surface area contributed by atoms with Crippen LogP contribution in [0.2, 0.25) is 0 Å². The highest BCUT2D eigenvalue weighted by atomic mass is 15.3. The number of nitrogens with zero attached hydrogens (tertiary/aromatic N) is 2. The Hall–Kier alpha value is -0.830. The van der Waals surface area contributed by atoms with Crippen molar-refractivity contribution in [2.45, 2.75) is 70.9 Å². The SMILES string of the molecule is CCCNC1CCCC(c2cnn(CCC)c2)C1. The molecule has 102 valence electrons. The molecule has 0 amide bonds. The van der Waals surface area contributed by atoms with Crippen LogP contribution in [0.1, 0.15) is 63.9 Å². The molecule has 1 aromatic heterocycles. The number of nitrogens with one attached hydrogen (secondary N) is 1. The van der Waals surface area contributed by atoms with E-state index in [0.29, 0.717) is 0 Å². The molecule has 3 heteroatoms. The van der Waals surface area contributed by atoms with E-state index in [2.05, 4.69) is 41.3 Å². The van der Waals surface area contributed by atoms with Crippen molar-refractivity contribution in [1.29, 1.82) is 0 Å². The number of rotatable bonds is 6. The number of hydrogen-bond acceptors (Lipinski definition) is 2. The van der Waals surface area contributed by atoms with E-state index >= 15 is 0 Å². The molecule has 1 aliphatic rings. The zero-order valence-corrected chi connectivity index (χ0v) is 11.9. The average molecular weight is 249 g/mol. The first-order chi connectivity index (χ1) is 8.83. The normalized spacial score (nSPS) is 24.3. The highest BCUT2D eigenvalue weighted by molar-refractivity contribution is 5.13. The Kier molecular flexibility index (Phi) is 5.24. The second-order valence-corrected chi connectivity index (χ2v) is 5.55. The van der Waals surface area contributed by atoms with Crippen LogP contribution in [0.4, 0.5) is 0 Å². The summed E-state index contributed by atoms with van der Waals surface area (Å²) in [6.45, 7) is 6.64. The molecule has 0 radical (unpaired) electrons. The molecule has 0 saturated heterocycles. The third kappa shape index (κ3) is 3.58. The van der Waals surface area contributed by atoms with Crippen LogP contribution in [0.15, 0.2) is 12.4 Å². The standard InChI is InChI=1S/C15H27N3/c1-3-8-16-15-7-5-6-13(10-15)14-11-17-18(12-14)9-4-2/h11-13,15-16H,3-10H2,1-2H3. The number of hydrogen-bond donors (Lipinski definition) is 1. The van der Waals surface area contributed by atoms with Gasteiger partial charge in [0.25, 0.3) is 0 Å². The van der Waals surface area contributed by atoms with Gasteiger partial charge in [-0.15, -0.1) is 0 Å². The molecule has 1 heterocycles. The van der Waals surface area contributed by atoms with Gasteiger partial charge in [-0.25, -0.2) is 0 Å². The molecule has 0 aliphatic heterocycles. The fourth-order valence-electron chi connectivity index (χ4n) is 2.97. The summed E-state index contributed by atoms with van der Waals surface area (Å²) < 4.78 is 2.10. The Labute approximate surface area is 111 Å². The van der Waals surface area contributed by atoms with E-state index in [0.717, 1.165) is 31.5 Å². The Bertz CT molecular complexity index is 345. The van der Waals surface area contributed by atoms with Crippen molar-refractivity contribution >= 4 is 0 Å². The quantitative estimate of drug-likeness (QED) is 0.838. The van der Waals surface area contributed by atoms with E-state index in [9.17, 15) is 0 Å². The third-order valence-corrected chi connectivity index (χ3v) is 3.93. The van der Waals surface area contributed by atoms with Gasteiger partial charge in [-0.1, -0.05) is 20.3 Å². The molecular weight excluding hydrogens is 222 g/mol. The maximum Gasteiger partial charge on any atom is 0.0524 e. The predicted molar refractivity (Wildman–Crippen MR) is 75.8 cm³/mol. The van der Waals surface area contributed by atoms with Crippen LogP contribution in [-0.4, -0.2) is 22.4 Å². The van der Waals surface area contributed by atoms with Crippen LogP contribution in [0.5, 0.6) is 0 Å². The molecule has 18 heavy (non-hydrogen) atoms. The van der Waals surface area contributed by atoms with Crippen LogP contribution in [0.25, 0.3) is 0 Å². The van der Waals surface area contributed by atoms with Crippen molar-refractivity contribution in [3.05, 3.63) is 18.0 Å². The molecule has 0 bridgehead atoms. The molecule has 2 atom stereocenters. The lowest BCUT2D eigenvalue weighted by atomic mass is 9.82. The predicted octanol–water partition coefficient (Wildman–Crippen LogP) is 3.32. The first kappa shape index (κ1) is 13.6. The van der Waals surface area contributed by atoms with Crippen molar-refractivity contribution in [3.8, 4) is 0 Å². The molecule has 1 aliphatic carbocycles. The van der Waals surface area contributed by atoms with Crippen LogP contribution >= 0.6 is 0 Å². The maximum atomic E-state index is 4.46. The van der Waals surface area contributed by atoms with E-state index < -0.39 is 0 Å². The number of aromatic nitrogens is 2. The highest BCUT2D eigenvalue weighted by Crippen LogP contribution is 2.32. The van der Waals surface area contributed by atoms with E-state index in [1.54, 1.807) is 0 Å². The smallest absolute Gasteiger partial charge is 0.0524 e. The summed E-state index contributed by atoms with van der Waals surface area (Å²) >= 11 is 0. The molecule has 1 fully saturated rings. The summed E-state index contributed by atoms with van der Waals surface area (Å²) in [4.78, 5) is 0. The fourth-order valence-corrected chi connectivity index (χ4v) is 2.97. The molecule has 2 rings (SSSR count). The van der Waals surface area contributed by atoms with Crippen molar-refractivity contribution in [3.63, 3.8) is 0 Å². The van der Waals surface area contributed by atoms with Gasteiger partial charge in [0.05, 0.1) is 6.20 Å². The van der Waals surface area contributed by atoms with E-state index in [1.807, 2.05) is 0 Å². The van der Waals surface area contributed by atoms with Gasteiger partial charge >= 0.3 is 0 Å². The Morgan fingerprint density at radius 3 is 3.00 bits per heavy atom. The second kappa shape index (κ2) is 6.93. The first-order valence-corrected chi connectivity index (χ1v) is 7.59. The third-order valence-electron chi connectivity index (χ3n) is 3.93. The summed E-state index contributed by atoms with van der Waals surface area (Å²) in [5, 5.41) is 8.14. The van der Waals surface area contributed by atoms with Crippen molar-refractivity contribution in [1.82, 2.24) is 15.1 Å². The van der Waals surface area contributed by atoms with E-state index in [4.69, 9.17) is 0 Å². The van der Waals surface area contributed by atoms with E-state index in [-0.39, 0.29) is 0 Å². The topological polar surface area (TPSA) is 29.9 Å². The molecule has 3 nitrogen and oxygen atoms in total. The minimum Gasteiger partial charge on any atom is -0.314 e. The summed E-state index contributed by atoms with van der Waals surface area (Å²) in [6.07, 6.45) is 12.1. The van der Waals surface area contributed by atoms with Crippen molar-refractivity contribution < 1.29 is 0 Å². The van der Waals surface area contributed by atoms with Crippen LogP contribution < -0.4 is 5.32 Å². The molecular formula is C15H27N3. The van der Waals surface area contributed by atoms with Crippen LogP contribution in [-0.2, 0) is 6.54 Å². The lowest BCUT2D eigenvalue weighted by Gasteiger charge is -2.29. The molecule has 0 spiro atoms. The summed E-state index contributed by atoms with van der Waals surface area (Å²) in [7, 11) is 0. The lowest BCUT2D eigenvalue weighted by molar-refractivity contribution is 0.340. The summed E-state index contributed by atoms with van der Waals surface area (Å²) in [5.74, 6) is 0.721. The van der Waals surface area contributed by atoms with Gasteiger partial charge in [0, 0.05) is 18.8 Å². The zero-order chi connectivity index (χ0) is 12.8. The fraction of sp³-hybridized carbons (Fsp3) is 0.800. The molecule has 2 unspecified atom stereocenters. The molecule has 1 aromatic rings. The largest absolute Gasteiger partial charge is 0.314 e. The monoisotopic (exact) mass is 249 g/mol. The Balaban J connectivity index is 1.90. The second-order valence-electron chi connectivity index (χ2n) is 5.55. The number of aryl methyl sites for hydroxylation is 1. The van der Waals surface area contributed by atoms with E-state index in [1.165, 1.54) is 37.7 Å². The van der Waals surface area contributed by atoms with Gasteiger partial charge in [-0.2, -0.15) is 5.10 Å². The lowest BCUT2D eigenvalue weighted by Crippen LogP contribution is -2.33. The molecule has 1 N–H and O–H groups in total. The Morgan fingerprint density at radius 2 is 2.22 bits per heavy atom. The highest BCUT2D eigenvalue weighted by Gasteiger charge is 2.23. The Morgan fingerprint density at radius 1 is 1.33 bits per heavy atom. The van der Waals surface area contributed by atoms with Gasteiger partial charge < -0.3 is 5.32 Å². The van der Waals surface area contributed by atoms with Gasteiger partial charge in [0.15, 0.2) is 0 Å². The van der Waals surface area contributed by atoms with Crippen LogP contribution in [0.3, 0.4) is 0 Å². The van der Waals surface area contributed by atoms with Crippen molar-refractivity contribution in [2.24, 2.45) is 0 Å². The van der Waals surface area contributed by atoms with Gasteiger partial charge in [0.2, 0.25) is 0 Å². The van der Waals surface area contributed by atoms with Gasteiger partial charge in [-0.05, 0) is 50.1 Å². The average Bonchev–Trinajstić information content (AvgIpc) is 2.86. The summed E-state index contributed by atoms with van der Waals surface area (Å²) in [5.41, 5.74) is 1.45. The maximum absolute atomic E-state index is 4.46.